The monoisotopic (exact) mass is 807 g/mol. The van der Waals surface area contributed by atoms with Crippen molar-refractivity contribution in [2.45, 2.75) is 297 Å². The summed E-state index contributed by atoms with van der Waals surface area (Å²) in [6, 6.07) is 0. The highest BCUT2D eigenvalue weighted by molar-refractivity contribution is 5.71. The predicted octanol–water partition coefficient (Wildman–Crippen LogP) is 16.4. The van der Waals surface area contributed by atoms with Crippen molar-refractivity contribution in [1.29, 1.82) is 0 Å². The summed E-state index contributed by atoms with van der Waals surface area (Å²) in [6.07, 6.45) is 49.4. The lowest BCUT2D eigenvalue weighted by molar-refractivity contribution is -0.167. The molecular formula is C51H98O6. The Balaban J connectivity index is 4.28. The van der Waals surface area contributed by atoms with Gasteiger partial charge in [0, 0.05) is 19.3 Å². The molecule has 0 saturated heterocycles. The van der Waals surface area contributed by atoms with Crippen molar-refractivity contribution < 1.29 is 28.6 Å². The summed E-state index contributed by atoms with van der Waals surface area (Å²) in [6.45, 7) is 6.67. The molecule has 0 aliphatic heterocycles. The maximum absolute atomic E-state index is 12.7. The smallest absolute Gasteiger partial charge is 0.306 e. The van der Waals surface area contributed by atoms with Crippen LogP contribution in [-0.2, 0) is 28.6 Å². The van der Waals surface area contributed by atoms with Crippen LogP contribution in [0.2, 0.25) is 0 Å². The summed E-state index contributed by atoms with van der Waals surface area (Å²) in [4.78, 5) is 37.9. The van der Waals surface area contributed by atoms with Gasteiger partial charge in [-0.05, 0) is 19.3 Å². The zero-order valence-electron chi connectivity index (χ0n) is 38.6. The van der Waals surface area contributed by atoms with Gasteiger partial charge in [-0.25, -0.2) is 0 Å². The predicted molar refractivity (Wildman–Crippen MR) is 243 cm³/mol. The van der Waals surface area contributed by atoms with Crippen LogP contribution in [-0.4, -0.2) is 37.2 Å². The fourth-order valence-electron chi connectivity index (χ4n) is 7.74. The summed E-state index contributed by atoms with van der Waals surface area (Å²) in [5.41, 5.74) is 0. The molecule has 0 bridgehead atoms. The van der Waals surface area contributed by atoms with Gasteiger partial charge in [0.15, 0.2) is 6.10 Å². The molecule has 0 rings (SSSR count). The van der Waals surface area contributed by atoms with E-state index in [-0.39, 0.29) is 31.1 Å². The number of ether oxygens (including phenoxy) is 3. The minimum absolute atomic E-state index is 0.0619. The SMILES string of the molecule is CCCCCCCCCCCCCCCCCC(=O)OC[C@H](COC(=O)CCCCCCCCCCCCCCC)OC(=O)CCCCCCCCCCCCC. The number of hydrogen-bond acceptors (Lipinski definition) is 6. The summed E-state index contributed by atoms with van der Waals surface area (Å²) in [5.74, 6) is -0.843. The summed E-state index contributed by atoms with van der Waals surface area (Å²) in [5, 5.41) is 0. The average Bonchev–Trinajstić information content (AvgIpc) is 3.21. The van der Waals surface area contributed by atoms with Crippen molar-refractivity contribution in [3.05, 3.63) is 0 Å². The molecule has 1 atom stereocenters. The van der Waals surface area contributed by atoms with Crippen molar-refractivity contribution in [3.63, 3.8) is 0 Å². The number of esters is 3. The molecule has 0 aromatic rings. The van der Waals surface area contributed by atoms with Crippen LogP contribution in [0.25, 0.3) is 0 Å². The standard InChI is InChI=1S/C51H98O6/c1-4-7-10-13-16-19-22-24-25-27-30-32-35-38-41-44-50(53)56-47-48(57-51(54)45-42-39-36-33-28-21-18-15-12-9-6-3)46-55-49(52)43-40-37-34-31-29-26-23-20-17-14-11-8-5-2/h48H,4-47H2,1-3H3/t48-/m0/s1. The molecule has 57 heavy (non-hydrogen) atoms. The van der Waals surface area contributed by atoms with Crippen molar-refractivity contribution >= 4 is 17.9 Å². The molecule has 338 valence electrons. The van der Waals surface area contributed by atoms with Gasteiger partial charge >= 0.3 is 17.9 Å². The van der Waals surface area contributed by atoms with E-state index >= 15 is 0 Å². The Hall–Kier alpha value is -1.59. The zero-order chi connectivity index (χ0) is 41.5. The first-order valence-corrected chi connectivity index (χ1v) is 25.5. The van der Waals surface area contributed by atoms with Crippen LogP contribution in [0.15, 0.2) is 0 Å². The molecule has 0 spiro atoms. The second-order valence-corrected chi connectivity index (χ2v) is 17.5. The fraction of sp³-hybridized carbons (Fsp3) is 0.941. The zero-order valence-corrected chi connectivity index (χ0v) is 38.6. The first-order chi connectivity index (χ1) is 28.0. The maximum Gasteiger partial charge on any atom is 0.306 e. The van der Waals surface area contributed by atoms with Crippen molar-refractivity contribution in [2.75, 3.05) is 13.2 Å². The number of carbonyl (C=O) groups excluding carboxylic acids is 3. The minimum Gasteiger partial charge on any atom is -0.462 e. The van der Waals surface area contributed by atoms with Crippen LogP contribution >= 0.6 is 0 Å². The number of unbranched alkanes of at least 4 members (excludes halogenated alkanes) is 36. The highest BCUT2D eigenvalue weighted by atomic mass is 16.6. The van der Waals surface area contributed by atoms with Crippen molar-refractivity contribution in [1.82, 2.24) is 0 Å². The van der Waals surface area contributed by atoms with Crippen molar-refractivity contribution in [2.24, 2.45) is 0 Å². The first kappa shape index (κ1) is 55.4. The van der Waals surface area contributed by atoms with Gasteiger partial charge in [0.05, 0.1) is 0 Å². The Morgan fingerprint density at radius 3 is 0.702 bits per heavy atom. The van der Waals surface area contributed by atoms with Crippen LogP contribution in [0.5, 0.6) is 0 Å². The lowest BCUT2D eigenvalue weighted by Gasteiger charge is -2.18. The second kappa shape index (κ2) is 47.1. The van der Waals surface area contributed by atoms with E-state index in [1.165, 1.54) is 193 Å². The third-order valence-corrected chi connectivity index (χ3v) is 11.6. The van der Waals surface area contributed by atoms with E-state index in [2.05, 4.69) is 20.8 Å². The summed E-state index contributed by atoms with van der Waals surface area (Å²) < 4.78 is 16.8. The van der Waals surface area contributed by atoms with E-state index in [1.807, 2.05) is 0 Å². The van der Waals surface area contributed by atoms with E-state index in [4.69, 9.17) is 14.2 Å². The van der Waals surface area contributed by atoms with Crippen LogP contribution < -0.4 is 0 Å². The second-order valence-electron chi connectivity index (χ2n) is 17.5. The Morgan fingerprint density at radius 2 is 0.474 bits per heavy atom. The molecule has 6 nitrogen and oxygen atoms in total. The van der Waals surface area contributed by atoms with Crippen LogP contribution in [0, 0.1) is 0 Å². The van der Waals surface area contributed by atoms with E-state index in [9.17, 15) is 14.4 Å². The van der Waals surface area contributed by atoms with Crippen molar-refractivity contribution in [3.8, 4) is 0 Å². The normalized spacial score (nSPS) is 11.8. The van der Waals surface area contributed by atoms with Gasteiger partial charge in [-0.15, -0.1) is 0 Å². The van der Waals surface area contributed by atoms with Crippen LogP contribution in [0.1, 0.15) is 290 Å². The molecular weight excluding hydrogens is 709 g/mol. The highest BCUT2D eigenvalue weighted by Crippen LogP contribution is 2.17. The molecule has 0 radical (unpaired) electrons. The minimum atomic E-state index is -0.759. The van der Waals surface area contributed by atoms with Gasteiger partial charge in [-0.3, -0.25) is 14.4 Å². The van der Waals surface area contributed by atoms with Gasteiger partial charge in [-0.1, -0.05) is 252 Å². The molecule has 0 amide bonds. The molecule has 0 unspecified atom stereocenters. The van der Waals surface area contributed by atoms with Gasteiger partial charge in [0.1, 0.15) is 13.2 Å². The molecule has 6 heteroatoms. The fourth-order valence-corrected chi connectivity index (χ4v) is 7.74. The third-order valence-electron chi connectivity index (χ3n) is 11.6. The lowest BCUT2D eigenvalue weighted by Crippen LogP contribution is -2.30. The van der Waals surface area contributed by atoms with E-state index in [0.717, 1.165) is 57.8 Å². The Bertz CT molecular complexity index is 844. The molecule has 0 N–H and O–H groups in total. The topological polar surface area (TPSA) is 78.9 Å². The van der Waals surface area contributed by atoms with Crippen LogP contribution in [0.3, 0.4) is 0 Å². The molecule has 0 fully saturated rings. The summed E-state index contributed by atoms with van der Waals surface area (Å²) in [7, 11) is 0. The Morgan fingerprint density at radius 1 is 0.281 bits per heavy atom. The first-order valence-electron chi connectivity index (χ1n) is 25.5. The van der Waals surface area contributed by atoms with E-state index in [0.29, 0.717) is 19.3 Å². The largest absolute Gasteiger partial charge is 0.462 e. The number of hydrogen-bond donors (Lipinski definition) is 0. The van der Waals surface area contributed by atoms with Gasteiger partial charge in [0.25, 0.3) is 0 Å². The molecule has 0 aromatic carbocycles. The molecule has 0 aliphatic rings. The number of rotatable bonds is 47. The molecule has 0 aliphatic carbocycles. The Kier molecular flexibility index (Phi) is 45.8. The number of carbonyl (C=O) groups is 3. The highest BCUT2D eigenvalue weighted by Gasteiger charge is 2.19. The van der Waals surface area contributed by atoms with Gasteiger partial charge in [-0.2, -0.15) is 0 Å². The average molecular weight is 807 g/mol. The van der Waals surface area contributed by atoms with Crippen LogP contribution in [0.4, 0.5) is 0 Å². The third kappa shape index (κ3) is 45.3. The van der Waals surface area contributed by atoms with E-state index < -0.39 is 6.10 Å². The maximum atomic E-state index is 12.7. The Labute approximate surface area is 355 Å². The quantitative estimate of drug-likeness (QED) is 0.0346. The summed E-state index contributed by atoms with van der Waals surface area (Å²) >= 11 is 0. The molecule has 0 heterocycles. The lowest BCUT2D eigenvalue weighted by atomic mass is 10.0. The molecule has 0 saturated carbocycles. The van der Waals surface area contributed by atoms with Gasteiger partial charge < -0.3 is 14.2 Å². The van der Waals surface area contributed by atoms with Gasteiger partial charge in [0.2, 0.25) is 0 Å². The van der Waals surface area contributed by atoms with E-state index in [1.54, 1.807) is 0 Å². The molecule has 0 aromatic heterocycles.